The second kappa shape index (κ2) is 5.78. The summed E-state index contributed by atoms with van der Waals surface area (Å²) in [6.07, 6.45) is 2.90. The molecule has 1 aliphatic carbocycles. The molecular weight excluding hydrogens is 270 g/mol. The van der Waals surface area contributed by atoms with Crippen molar-refractivity contribution in [2.75, 3.05) is 0 Å². The summed E-state index contributed by atoms with van der Waals surface area (Å²) >= 11 is 0. The van der Waals surface area contributed by atoms with Crippen LogP contribution in [0.5, 0.6) is 0 Å². The Kier molecular flexibility index (Phi) is 3.68. The molecule has 1 aliphatic rings. The van der Waals surface area contributed by atoms with E-state index in [9.17, 15) is 9.59 Å². The number of nitrogens with zero attached hydrogens (tertiary/aromatic N) is 1. The molecule has 3 rings (SSSR count). The molecule has 6 nitrogen and oxygen atoms in total. The predicted molar refractivity (Wildman–Crippen MR) is 74.0 cm³/mol. The fourth-order valence-corrected chi connectivity index (χ4v) is 2.44. The van der Waals surface area contributed by atoms with Gasteiger partial charge in [0.25, 0.3) is 5.91 Å². The topological polar surface area (TPSA) is 84.2 Å². The van der Waals surface area contributed by atoms with Gasteiger partial charge < -0.3 is 4.52 Å². The molecule has 0 unspecified atom stereocenters. The molecule has 0 atom stereocenters. The Labute approximate surface area is 121 Å². The molecule has 0 bridgehead atoms. The maximum absolute atomic E-state index is 11.9. The molecule has 2 amide bonds. The van der Waals surface area contributed by atoms with Crippen molar-refractivity contribution in [3.8, 4) is 0 Å². The van der Waals surface area contributed by atoms with Crippen LogP contribution >= 0.6 is 0 Å². The molecule has 1 fully saturated rings. The average molecular weight is 285 g/mol. The molecule has 2 N–H and O–H groups in total. The maximum atomic E-state index is 11.9. The number of benzene rings is 1. The van der Waals surface area contributed by atoms with E-state index in [0.29, 0.717) is 5.92 Å². The summed E-state index contributed by atoms with van der Waals surface area (Å²) in [6, 6.07) is 11.6. The van der Waals surface area contributed by atoms with Gasteiger partial charge in [0.15, 0.2) is 5.69 Å². The summed E-state index contributed by atoms with van der Waals surface area (Å²) in [5.74, 6) is -0.295. The van der Waals surface area contributed by atoms with Crippen molar-refractivity contribution in [3.63, 3.8) is 0 Å². The van der Waals surface area contributed by atoms with Crippen molar-refractivity contribution in [2.45, 2.75) is 18.8 Å². The lowest BCUT2D eigenvalue weighted by molar-refractivity contribution is -0.128. The van der Waals surface area contributed by atoms with Crippen LogP contribution in [-0.2, 0) is 4.79 Å². The highest BCUT2D eigenvalue weighted by atomic mass is 16.5. The van der Waals surface area contributed by atoms with Crippen molar-refractivity contribution < 1.29 is 14.1 Å². The van der Waals surface area contributed by atoms with E-state index >= 15 is 0 Å². The Morgan fingerprint density at radius 2 is 1.86 bits per heavy atom. The summed E-state index contributed by atoms with van der Waals surface area (Å²) in [4.78, 5) is 23.5. The average Bonchev–Trinajstić information content (AvgIpc) is 2.98. The van der Waals surface area contributed by atoms with E-state index < -0.39 is 5.91 Å². The van der Waals surface area contributed by atoms with Crippen molar-refractivity contribution in [1.29, 1.82) is 0 Å². The highest BCUT2D eigenvalue weighted by Gasteiger charge is 2.35. The second-order valence-electron chi connectivity index (χ2n) is 5.10. The first-order chi connectivity index (χ1) is 10.2. The van der Waals surface area contributed by atoms with Gasteiger partial charge in [-0.25, -0.2) is 0 Å². The Hall–Kier alpha value is -2.63. The molecule has 1 saturated carbocycles. The summed E-state index contributed by atoms with van der Waals surface area (Å²) in [6.45, 7) is 0. The van der Waals surface area contributed by atoms with Crippen LogP contribution < -0.4 is 10.9 Å². The summed E-state index contributed by atoms with van der Waals surface area (Å²) in [5.41, 5.74) is 6.14. The van der Waals surface area contributed by atoms with Crippen LogP contribution in [0, 0.1) is 5.92 Å². The highest BCUT2D eigenvalue weighted by Crippen LogP contribution is 2.41. The quantitative estimate of drug-likeness (QED) is 0.839. The minimum atomic E-state index is -0.490. The lowest BCUT2D eigenvalue weighted by atomic mass is 9.71. The molecule has 108 valence electrons. The number of carbonyl (C=O) groups is 2. The normalized spacial score (nSPS) is 20.4. The smallest absolute Gasteiger partial charge is 0.291 e. The molecule has 6 heteroatoms. The van der Waals surface area contributed by atoms with Crippen LogP contribution in [0.3, 0.4) is 0 Å². The lowest BCUT2D eigenvalue weighted by Crippen LogP contribution is -2.47. The Bertz CT molecular complexity index is 619. The summed E-state index contributed by atoms with van der Waals surface area (Å²) < 4.78 is 4.56. The van der Waals surface area contributed by atoms with Crippen LogP contribution in [-0.4, -0.2) is 17.0 Å². The predicted octanol–water partition coefficient (Wildman–Crippen LogP) is 1.63. The van der Waals surface area contributed by atoms with Gasteiger partial charge in [0, 0.05) is 12.0 Å². The number of amides is 2. The number of hydrogen-bond acceptors (Lipinski definition) is 4. The van der Waals surface area contributed by atoms with Gasteiger partial charge >= 0.3 is 0 Å². The molecule has 0 saturated heterocycles. The van der Waals surface area contributed by atoms with Gasteiger partial charge in [-0.2, -0.15) is 0 Å². The van der Waals surface area contributed by atoms with E-state index in [-0.39, 0.29) is 17.5 Å². The van der Waals surface area contributed by atoms with E-state index in [0.717, 1.165) is 12.8 Å². The maximum Gasteiger partial charge on any atom is 0.291 e. The third-order valence-electron chi connectivity index (χ3n) is 3.75. The van der Waals surface area contributed by atoms with Crippen molar-refractivity contribution in [2.24, 2.45) is 5.92 Å². The zero-order valence-corrected chi connectivity index (χ0v) is 11.3. The zero-order valence-electron chi connectivity index (χ0n) is 11.3. The number of hydrazine groups is 1. The molecule has 0 radical (unpaired) electrons. The third kappa shape index (κ3) is 2.94. The number of aromatic nitrogens is 1. The van der Waals surface area contributed by atoms with Crippen LogP contribution in [0.2, 0.25) is 0 Å². The molecule has 2 aromatic rings. The van der Waals surface area contributed by atoms with E-state index in [1.807, 2.05) is 18.2 Å². The first kappa shape index (κ1) is 13.4. The first-order valence-corrected chi connectivity index (χ1v) is 6.79. The van der Waals surface area contributed by atoms with E-state index in [4.69, 9.17) is 0 Å². The van der Waals surface area contributed by atoms with E-state index in [1.165, 1.54) is 17.9 Å². The molecule has 21 heavy (non-hydrogen) atoms. The van der Waals surface area contributed by atoms with Crippen LogP contribution in [0.15, 0.2) is 47.2 Å². The SMILES string of the molecule is O=C(NNC(=O)C1CC(c2ccccc2)C1)c1ccon1. The summed E-state index contributed by atoms with van der Waals surface area (Å²) in [7, 11) is 0. The molecule has 1 heterocycles. The first-order valence-electron chi connectivity index (χ1n) is 6.79. The Morgan fingerprint density at radius 1 is 1.10 bits per heavy atom. The van der Waals surface area contributed by atoms with Gasteiger partial charge in [-0.05, 0) is 24.3 Å². The molecule has 1 aromatic carbocycles. The van der Waals surface area contributed by atoms with Crippen LogP contribution in [0.4, 0.5) is 0 Å². The van der Waals surface area contributed by atoms with Gasteiger partial charge in [-0.3, -0.25) is 20.4 Å². The fourth-order valence-electron chi connectivity index (χ4n) is 2.44. The van der Waals surface area contributed by atoms with Gasteiger partial charge in [-0.1, -0.05) is 35.5 Å². The Balaban J connectivity index is 1.45. The summed E-state index contributed by atoms with van der Waals surface area (Å²) in [5, 5.41) is 3.49. The van der Waals surface area contributed by atoms with Crippen molar-refractivity contribution in [1.82, 2.24) is 16.0 Å². The zero-order chi connectivity index (χ0) is 14.7. The minimum Gasteiger partial charge on any atom is -0.364 e. The number of nitrogens with one attached hydrogen (secondary N) is 2. The molecule has 1 aromatic heterocycles. The third-order valence-corrected chi connectivity index (χ3v) is 3.75. The molecule has 0 spiro atoms. The number of carbonyl (C=O) groups excluding carboxylic acids is 2. The van der Waals surface area contributed by atoms with Crippen LogP contribution in [0.1, 0.15) is 34.8 Å². The van der Waals surface area contributed by atoms with Crippen molar-refractivity contribution >= 4 is 11.8 Å². The Morgan fingerprint density at radius 3 is 2.52 bits per heavy atom. The van der Waals surface area contributed by atoms with Gasteiger partial charge in [0.2, 0.25) is 5.91 Å². The monoisotopic (exact) mass is 285 g/mol. The highest BCUT2D eigenvalue weighted by molar-refractivity contribution is 5.93. The standard InChI is InChI=1S/C15H15N3O3/c19-14(16-17-15(20)13-6-7-21-18-13)12-8-11(9-12)10-4-2-1-3-5-10/h1-7,11-12H,8-9H2,(H,16,19)(H,17,20). The van der Waals surface area contributed by atoms with E-state index in [2.05, 4.69) is 32.7 Å². The minimum absolute atomic E-state index is 0.0622. The van der Waals surface area contributed by atoms with Crippen LogP contribution in [0.25, 0.3) is 0 Å². The largest absolute Gasteiger partial charge is 0.364 e. The van der Waals surface area contributed by atoms with Gasteiger partial charge in [0.1, 0.15) is 6.26 Å². The molecule has 0 aliphatic heterocycles. The van der Waals surface area contributed by atoms with E-state index in [1.54, 1.807) is 0 Å². The molecular formula is C15H15N3O3. The fraction of sp³-hybridized carbons (Fsp3) is 0.267. The number of rotatable bonds is 3. The van der Waals surface area contributed by atoms with Crippen molar-refractivity contribution in [3.05, 3.63) is 53.9 Å². The number of hydrogen-bond donors (Lipinski definition) is 2. The second-order valence-corrected chi connectivity index (χ2v) is 5.10. The van der Waals surface area contributed by atoms with Gasteiger partial charge in [0.05, 0.1) is 0 Å². The van der Waals surface area contributed by atoms with Gasteiger partial charge in [-0.15, -0.1) is 0 Å². The lowest BCUT2D eigenvalue weighted by Gasteiger charge is -2.34.